The zero-order chi connectivity index (χ0) is 19.5. The van der Waals surface area contributed by atoms with Crippen LogP contribution in [0, 0.1) is 12.8 Å². The maximum absolute atomic E-state index is 13.1. The van der Waals surface area contributed by atoms with E-state index in [1.54, 1.807) is 0 Å². The lowest BCUT2D eigenvalue weighted by atomic mass is 9.94. The van der Waals surface area contributed by atoms with Crippen molar-refractivity contribution in [1.82, 2.24) is 4.90 Å². The number of carbonyl (C=O) groups is 2. The van der Waals surface area contributed by atoms with E-state index in [0.717, 1.165) is 27.6 Å². The highest BCUT2D eigenvalue weighted by molar-refractivity contribution is 6.07. The molecule has 0 unspecified atom stereocenters. The fraction of sp³-hybridized carbons (Fsp3) is 0.250. The van der Waals surface area contributed by atoms with Gasteiger partial charge < -0.3 is 10.2 Å². The van der Waals surface area contributed by atoms with E-state index in [2.05, 4.69) is 5.32 Å². The van der Waals surface area contributed by atoms with Gasteiger partial charge in [0, 0.05) is 30.3 Å². The Hall–Kier alpha value is -3.14. The number of para-hydroxylation sites is 1. The van der Waals surface area contributed by atoms with Crippen molar-refractivity contribution >= 4 is 28.3 Å². The van der Waals surface area contributed by atoms with Crippen molar-refractivity contribution in [3.05, 3.63) is 77.9 Å². The average Bonchev–Trinajstić information content (AvgIpc) is 2.74. The summed E-state index contributed by atoms with van der Waals surface area (Å²) in [6, 6.07) is 21.6. The minimum absolute atomic E-state index is 0.0477. The molecule has 1 heterocycles. The summed E-state index contributed by atoms with van der Waals surface area (Å²) in [6.45, 7) is 3.20. The maximum Gasteiger partial charge on any atom is 0.254 e. The highest BCUT2D eigenvalue weighted by atomic mass is 16.2. The first kappa shape index (κ1) is 18.2. The van der Waals surface area contributed by atoms with Crippen LogP contribution in [0.25, 0.3) is 10.8 Å². The van der Waals surface area contributed by atoms with Gasteiger partial charge >= 0.3 is 0 Å². The first-order chi connectivity index (χ1) is 13.6. The summed E-state index contributed by atoms with van der Waals surface area (Å²) in [4.78, 5) is 27.6. The lowest BCUT2D eigenvalue weighted by Crippen LogP contribution is -2.41. The summed E-state index contributed by atoms with van der Waals surface area (Å²) in [7, 11) is 0. The number of carbonyl (C=O) groups excluding carboxylic acids is 2. The molecule has 0 atom stereocenters. The Morgan fingerprint density at radius 1 is 0.893 bits per heavy atom. The molecule has 4 nitrogen and oxygen atoms in total. The molecule has 0 radical (unpaired) electrons. The third kappa shape index (κ3) is 3.63. The molecule has 1 aliphatic heterocycles. The summed E-state index contributed by atoms with van der Waals surface area (Å²) in [5.74, 6) is 0.0392. The number of nitrogens with zero attached hydrogens (tertiary/aromatic N) is 1. The highest BCUT2D eigenvalue weighted by Crippen LogP contribution is 2.25. The number of aryl methyl sites for hydroxylation is 1. The van der Waals surface area contributed by atoms with Gasteiger partial charge in [-0.2, -0.15) is 0 Å². The van der Waals surface area contributed by atoms with Crippen LogP contribution in [0.2, 0.25) is 0 Å². The molecule has 3 aromatic carbocycles. The Bertz CT molecular complexity index is 1010. The fourth-order valence-electron chi connectivity index (χ4n) is 3.87. The van der Waals surface area contributed by atoms with Gasteiger partial charge in [0.05, 0.1) is 0 Å². The van der Waals surface area contributed by atoms with Crippen molar-refractivity contribution in [3.8, 4) is 0 Å². The van der Waals surface area contributed by atoms with E-state index in [0.29, 0.717) is 25.9 Å². The molecule has 4 heteroatoms. The summed E-state index contributed by atoms with van der Waals surface area (Å²) in [5, 5.41) is 5.09. The van der Waals surface area contributed by atoms with Crippen LogP contribution in [0.5, 0.6) is 0 Å². The number of nitrogens with one attached hydrogen (secondary N) is 1. The number of fused-ring (bicyclic) bond motifs is 1. The molecule has 0 aliphatic carbocycles. The molecule has 0 bridgehead atoms. The van der Waals surface area contributed by atoms with Crippen molar-refractivity contribution in [2.45, 2.75) is 19.8 Å². The quantitative estimate of drug-likeness (QED) is 0.728. The molecular formula is C24H24N2O2. The molecule has 1 fully saturated rings. The summed E-state index contributed by atoms with van der Waals surface area (Å²) in [6.07, 6.45) is 1.38. The molecule has 0 saturated carbocycles. The van der Waals surface area contributed by atoms with E-state index in [1.807, 2.05) is 78.6 Å². The predicted octanol–water partition coefficient (Wildman–Crippen LogP) is 4.64. The van der Waals surface area contributed by atoms with E-state index in [1.165, 1.54) is 0 Å². The molecule has 2 amide bonds. The number of rotatable bonds is 3. The third-order valence-corrected chi connectivity index (χ3v) is 5.58. The second-order valence-electron chi connectivity index (χ2n) is 7.40. The standard InChI is InChI=1S/C24H24N2O2/c1-17-7-2-5-12-22(17)25-23(27)19-13-15-26(16-14-19)24(28)21-11-6-9-18-8-3-4-10-20(18)21/h2-12,19H,13-16H2,1H3,(H,25,27). The first-order valence-electron chi connectivity index (χ1n) is 9.77. The van der Waals surface area contributed by atoms with Crippen molar-refractivity contribution < 1.29 is 9.59 Å². The normalized spacial score (nSPS) is 14.8. The Labute approximate surface area is 165 Å². The monoisotopic (exact) mass is 372 g/mol. The first-order valence-corrected chi connectivity index (χ1v) is 9.77. The summed E-state index contributed by atoms with van der Waals surface area (Å²) < 4.78 is 0. The van der Waals surface area contributed by atoms with Crippen molar-refractivity contribution in [1.29, 1.82) is 0 Å². The van der Waals surface area contributed by atoms with E-state index >= 15 is 0 Å². The topological polar surface area (TPSA) is 49.4 Å². The van der Waals surface area contributed by atoms with Crippen LogP contribution in [0.4, 0.5) is 5.69 Å². The van der Waals surface area contributed by atoms with Crippen LogP contribution in [-0.2, 0) is 4.79 Å². The van der Waals surface area contributed by atoms with E-state index < -0.39 is 0 Å². The molecule has 3 aromatic rings. The molecule has 28 heavy (non-hydrogen) atoms. The van der Waals surface area contributed by atoms with E-state index in [-0.39, 0.29) is 17.7 Å². The third-order valence-electron chi connectivity index (χ3n) is 5.58. The minimum atomic E-state index is -0.0591. The number of anilines is 1. The van der Waals surface area contributed by atoms with Gasteiger partial charge in [0.1, 0.15) is 0 Å². The smallest absolute Gasteiger partial charge is 0.254 e. The highest BCUT2D eigenvalue weighted by Gasteiger charge is 2.28. The maximum atomic E-state index is 13.1. The SMILES string of the molecule is Cc1ccccc1NC(=O)C1CCN(C(=O)c2cccc3ccccc23)CC1. The van der Waals surface area contributed by atoms with Crippen molar-refractivity contribution in [3.63, 3.8) is 0 Å². The van der Waals surface area contributed by atoms with Gasteiger partial charge in [-0.05, 0) is 48.2 Å². The Kier molecular flexibility index (Phi) is 5.11. The van der Waals surface area contributed by atoms with Gasteiger partial charge in [-0.1, -0.05) is 54.6 Å². The van der Waals surface area contributed by atoms with Gasteiger partial charge in [-0.3, -0.25) is 9.59 Å². The van der Waals surface area contributed by atoms with E-state index in [4.69, 9.17) is 0 Å². The molecule has 0 spiro atoms. The molecule has 142 valence electrons. The van der Waals surface area contributed by atoms with Crippen LogP contribution in [0.3, 0.4) is 0 Å². The largest absolute Gasteiger partial charge is 0.339 e. The van der Waals surface area contributed by atoms with Gasteiger partial charge in [-0.25, -0.2) is 0 Å². The Morgan fingerprint density at radius 2 is 1.57 bits per heavy atom. The van der Waals surface area contributed by atoms with Gasteiger partial charge in [0.15, 0.2) is 0 Å². The molecule has 4 rings (SSSR count). The molecule has 1 saturated heterocycles. The van der Waals surface area contributed by atoms with Crippen molar-refractivity contribution in [2.24, 2.45) is 5.92 Å². The zero-order valence-electron chi connectivity index (χ0n) is 16.0. The van der Waals surface area contributed by atoms with Crippen LogP contribution in [0.1, 0.15) is 28.8 Å². The van der Waals surface area contributed by atoms with Crippen LogP contribution < -0.4 is 5.32 Å². The van der Waals surface area contributed by atoms with E-state index in [9.17, 15) is 9.59 Å². The van der Waals surface area contributed by atoms with Crippen LogP contribution >= 0.6 is 0 Å². The lowest BCUT2D eigenvalue weighted by molar-refractivity contribution is -0.121. The number of piperidine rings is 1. The summed E-state index contributed by atoms with van der Waals surface area (Å²) >= 11 is 0. The van der Waals surface area contributed by atoms with Gasteiger partial charge in [0.25, 0.3) is 5.91 Å². The lowest BCUT2D eigenvalue weighted by Gasteiger charge is -2.31. The van der Waals surface area contributed by atoms with Crippen molar-refractivity contribution in [2.75, 3.05) is 18.4 Å². The Balaban J connectivity index is 1.42. The molecule has 1 N–H and O–H groups in total. The second kappa shape index (κ2) is 7.85. The number of hydrogen-bond donors (Lipinski definition) is 1. The number of likely N-dealkylation sites (tertiary alicyclic amines) is 1. The number of hydrogen-bond acceptors (Lipinski definition) is 2. The molecule has 1 aliphatic rings. The number of amides is 2. The number of benzene rings is 3. The van der Waals surface area contributed by atoms with Gasteiger partial charge in [-0.15, -0.1) is 0 Å². The fourth-order valence-corrected chi connectivity index (χ4v) is 3.87. The molecule has 0 aromatic heterocycles. The zero-order valence-corrected chi connectivity index (χ0v) is 16.0. The Morgan fingerprint density at radius 3 is 2.36 bits per heavy atom. The second-order valence-corrected chi connectivity index (χ2v) is 7.40. The minimum Gasteiger partial charge on any atom is -0.339 e. The predicted molar refractivity (Wildman–Crippen MR) is 112 cm³/mol. The van der Waals surface area contributed by atoms with Crippen LogP contribution in [0.15, 0.2) is 66.7 Å². The average molecular weight is 372 g/mol. The van der Waals surface area contributed by atoms with Crippen LogP contribution in [-0.4, -0.2) is 29.8 Å². The summed E-state index contributed by atoms with van der Waals surface area (Å²) in [5.41, 5.74) is 2.65. The van der Waals surface area contributed by atoms with Gasteiger partial charge in [0.2, 0.25) is 5.91 Å². The molecular weight excluding hydrogens is 348 g/mol.